The first-order chi connectivity index (χ1) is 10.1. The third-order valence-corrected chi connectivity index (χ3v) is 4.84. The van der Waals surface area contributed by atoms with Crippen LogP contribution in [0.2, 0.25) is 0 Å². The van der Waals surface area contributed by atoms with Gasteiger partial charge in [-0.1, -0.05) is 12.8 Å². The number of aromatic hydroxyl groups is 1. The smallest absolute Gasteiger partial charge is 0.223 e. The van der Waals surface area contributed by atoms with Gasteiger partial charge < -0.3 is 14.6 Å². The van der Waals surface area contributed by atoms with E-state index in [1.807, 2.05) is 0 Å². The van der Waals surface area contributed by atoms with E-state index in [-0.39, 0.29) is 11.2 Å². The Labute approximate surface area is 125 Å². The van der Waals surface area contributed by atoms with Gasteiger partial charge in [0, 0.05) is 50.5 Å². The van der Waals surface area contributed by atoms with Gasteiger partial charge in [-0.25, -0.2) is 0 Å². The molecule has 21 heavy (non-hydrogen) atoms. The van der Waals surface area contributed by atoms with Gasteiger partial charge in [-0.2, -0.15) is 0 Å². The SMILES string of the molecule is CN1CCN(Cc2cc(=O)c(O)cn2C2CCCC2)CC1. The Balaban J connectivity index is 1.82. The van der Waals surface area contributed by atoms with E-state index < -0.39 is 0 Å². The lowest BCUT2D eigenvalue weighted by Gasteiger charge is -2.33. The molecule has 116 valence electrons. The highest BCUT2D eigenvalue weighted by Crippen LogP contribution is 2.31. The van der Waals surface area contributed by atoms with Crippen molar-refractivity contribution in [2.24, 2.45) is 0 Å². The van der Waals surface area contributed by atoms with Crippen molar-refractivity contribution in [1.29, 1.82) is 0 Å². The summed E-state index contributed by atoms with van der Waals surface area (Å²) in [6, 6.07) is 2.07. The summed E-state index contributed by atoms with van der Waals surface area (Å²) >= 11 is 0. The molecule has 1 aromatic heterocycles. The summed E-state index contributed by atoms with van der Waals surface area (Å²) in [5.41, 5.74) is 0.794. The second kappa shape index (κ2) is 6.20. The van der Waals surface area contributed by atoms with Crippen LogP contribution >= 0.6 is 0 Å². The molecular weight excluding hydrogens is 266 g/mol. The molecule has 5 heteroatoms. The van der Waals surface area contributed by atoms with Crippen LogP contribution in [0.3, 0.4) is 0 Å². The normalized spacial score (nSPS) is 22.0. The first kappa shape index (κ1) is 14.6. The highest BCUT2D eigenvalue weighted by Gasteiger charge is 2.21. The number of likely N-dealkylation sites (N-methyl/N-ethyl adjacent to an activating group) is 1. The second-order valence-corrected chi connectivity index (χ2v) is 6.44. The van der Waals surface area contributed by atoms with Gasteiger partial charge in [-0.05, 0) is 19.9 Å². The Kier molecular flexibility index (Phi) is 4.31. The van der Waals surface area contributed by atoms with Crippen LogP contribution in [0.5, 0.6) is 5.75 Å². The van der Waals surface area contributed by atoms with E-state index in [1.165, 1.54) is 12.8 Å². The fourth-order valence-corrected chi connectivity index (χ4v) is 3.46. The largest absolute Gasteiger partial charge is 0.503 e. The van der Waals surface area contributed by atoms with Crippen LogP contribution in [0.1, 0.15) is 37.4 Å². The van der Waals surface area contributed by atoms with E-state index >= 15 is 0 Å². The minimum Gasteiger partial charge on any atom is -0.503 e. The quantitative estimate of drug-likeness (QED) is 0.915. The minimum atomic E-state index is -0.256. The van der Waals surface area contributed by atoms with Gasteiger partial charge in [0.05, 0.1) is 6.20 Å². The van der Waals surface area contributed by atoms with Crippen molar-refractivity contribution >= 4 is 0 Å². The van der Waals surface area contributed by atoms with Crippen LogP contribution in [-0.4, -0.2) is 52.7 Å². The average molecular weight is 291 g/mol. The van der Waals surface area contributed by atoms with Crippen molar-refractivity contribution in [3.8, 4) is 5.75 Å². The van der Waals surface area contributed by atoms with Crippen LogP contribution in [-0.2, 0) is 6.54 Å². The highest BCUT2D eigenvalue weighted by atomic mass is 16.3. The molecule has 2 heterocycles. The molecule has 1 aromatic rings. The van der Waals surface area contributed by atoms with Crippen LogP contribution in [0.4, 0.5) is 0 Å². The summed E-state index contributed by atoms with van der Waals surface area (Å²) in [4.78, 5) is 16.5. The molecule has 0 atom stereocenters. The van der Waals surface area contributed by atoms with Crippen LogP contribution in [0, 0.1) is 0 Å². The summed E-state index contributed by atoms with van der Waals surface area (Å²) in [5, 5.41) is 9.77. The van der Waals surface area contributed by atoms with E-state index in [0.717, 1.165) is 51.3 Å². The number of pyridine rings is 1. The molecule has 0 radical (unpaired) electrons. The molecule has 1 saturated heterocycles. The predicted molar refractivity (Wildman–Crippen MR) is 82.6 cm³/mol. The Morgan fingerprint density at radius 2 is 1.86 bits per heavy atom. The van der Waals surface area contributed by atoms with Gasteiger partial charge in [0.15, 0.2) is 5.75 Å². The topological polar surface area (TPSA) is 48.7 Å². The zero-order chi connectivity index (χ0) is 14.8. The summed E-state index contributed by atoms with van der Waals surface area (Å²) in [6.45, 7) is 5.03. The van der Waals surface area contributed by atoms with Crippen molar-refractivity contribution in [1.82, 2.24) is 14.4 Å². The summed E-state index contributed by atoms with van der Waals surface area (Å²) in [5.74, 6) is -0.121. The summed E-state index contributed by atoms with van der Waals surface area (Å²) in [7, 11) is 2.15. The molecule has 0 unspecified atom stereocenters. The zero-order valence-corrected chi connectivity index (χ0v) is 12.8. The van der Waals surface area contributed by atoms with Crippen molar-refractivity contribution in [2.75, 3.05) is 33.2 Å². The number of aromatic nitrogens is 1. The second-order valence-electron chi connectivity index (χ2n) is 6.44. The van der Waals surface area contributed by atoms with Crippen LogP contribution in [0.25, 0.3) is 0 Å². The van der Waals surface area contributed by atoms with E-state index in [4.69, 9.17) is 0 Å². The number of hydrogen-bond donors (Lipinski definition) is 1. The third-order valence-electron chi connectivity index (χ3n) is 4.84. The lowest BCUT2D eigenvalue weighted by molar-refractivity contribution is 0.144. The zero-order valence-electron chi connectivity index (χ0n) is 12.8. The maximum absolute atomic E-state index is 11.8. The van der Waals surface area contributed by atoms with Gasteiger partial charge in [0.1, 0.15) is 0 Å². The molecule has 2 fully saturated rings. The standard InChI is InChI=1S/C16H25N3O2/c1-17-6-8-18(9-7-17)11-14-10-15(20)16(21)12-19(14)13-4-2-3-5-13/h10,12-13,21H,2-9,11H2,1H3. The molecule has 0 amide bonds. The minimum absolute atomic E-state index is 0.121. The monoisotopic (exact) mass is 291 g/mol. The molecule has 1 aliphatic carbocycles. The van der Waals surface area contributed by atoms with Gasteiger partial charge in [0.2, 0.25) is 5.43 Å². The molecule has 0 bridgehead atoms. The van der Waals surface area contributed by atoms with Crippen molar-refractivity contribution in [2.45, 2.75) is 38.3 Å². The Bertz CT molecular complexity index is 541. The lowest BCUT2D eigenvalue weighted by atomic mass is 10.2. The Morgan fingerprint density at radius 3 is 2.52 bits per heavy atom. The van der Waals surface area contributed by atoms with E-state index in [0.29, 0.717) is 6.04 Å². The highest BCUT2D eigenvalue weighted by molar-refractivity contribution is 5.21. The molecular formula is C16H25N3O2. The number of rotatable bonds is 3. The van der Waals surface area contributed by atoms with Gasteiger partial charge in [-0.15, -0.1) is 0 Å². The predicted octanol–water partition coefficient (Wildman–Crippen LogP) is 1.42. The molecule has 2 aliphatic rings. The molecule has 3 rings (SSSR count). The van der Waals surface area contributed by atoms with Gasteiger partial charge in [0.25, 0.3) is 0 Å². The van der Waals surface area contributed by atoms with E-state index in [9.17, 15) is 9.90 Å². The molecule has 5 nitrogen and oxygen atoms in total. The van der Waals surface area contributed by atoms with Crippen LogP contribution < -0.4 is 5.43 Å². The number of piperazine rings is 1. The first-order valence-corrected chi connectivity index (χ1v) is 7.98. The maximum Gasteiger partial charge on any atom is 0.223 e. The van der Waals surface area contributed by atoms with Gasteiger partial charge in [-0.3, -0.25) is 9.69 Å². The van der Waals surface area contributed by atoms with Crippen LogP contribution in [0.15, 0.2) is 17.1 Å². The van der Waals surface area contributed by atoms with Crippen molar-refractivity contribution < 1.29 is 5.11 Å². The van der Waals surface area contributed by atoms with E-state index in [1.54, 1.807) is 12.3 Å². The van der Waals surface area contributed by atoms with E-state index in [2.05, 4.69) is 21.4 Å². The number of nitrogens with zero attached hydrogens (tertiary/aromatic N) is 3. The molecule has 1 aliphatic heterocycles. The Morgan fingerprint density at radius 1 is 1.19 bits per heavy atom. The molecule has 1 N–H and O–H groups in total. The van der Waals surface area contributed by atoms with Crippen molar-refractivity contribution in [3.63, 3.8) is 0 Å². The molecule has 0 aromatic carbocycles. The molecule has 1 saturated carbocycles. The molecule has 0 spiro atoms. The van der Waals surface area contributed by atoms with Gasteiger partial charge >= 0.3 is 0 Å². The number of hydrogen-bond acceptors (Lipinski definition) is 4. The third kappa shape index (κ3) is 3.30. The maximum atomic E-state index is 11.8. The van der Waals surface area contributed by atoms with Crippen molar-refractivity contribution in [3.05, 3.63) is 28.2 Å². The summed E-state index contributed by atoms with van der Waals surface area (Å²) in [6.07, 6.45) is 6.44. The Hall–Kier alpha value is -1.33. The summed E-state index contributed by atoms with van der Waals surface area (Å²) < 4.78 is 2.15. The lowest BCUT2D eigenvalue weighted by Crippen LogP contribution is -2.44. The fraction of sp³-hybridized carbons (Fsp3) is 0.688. The fourth-order valence-electron chi connectivity index (χ4n) is 3.46. The average Bonchev–Trinajstić information content (AvgIpc) is 2.99. The first-order valence-electron chi connectivity index (χ1n) is 7.98.